The largest absolute Gasteiger partial charge is 0.462 e. The quantitative estimate of drug-likeness (QED) is 0.434. The predicted molar refractivity (Wildman–Crippen MR) is 128 cm³/mol. The summed E-state index contributed by atoms with van der Waals surface area (Å²) < 4.78 is 32.8. The second-order valence-electron chi connectivity index (χ2n) is 8.99. The molecule has 1 atom stereocenters. The molecular formula is C25H32N2O5S. The molecule has 2 aromatic rings. The molecule has 1 unspecified atom stereocenters. The van der Waals surface area contributed by atoms with Crippen molar-refractivity contribution in [2.45, 2.75) is 38.5 Å². The molecule has 1 N–H and O–H groups in total. The highest BCUT2D eigenvalue weighted by Gasteiger charge is 2.29. The van der Waals surface area contributed by atoms with Crippen LogP contribution in [0.3, 0.4) is 0 Å². The zero-order valence-corrected chi connectivity index (χ0v) is 20.2. The summed E-state index contributed by atoms with van der Waals surface area (Å²) in [6.45, 7) is 7.28. The third-order valence-corrected chi connectivity index (χ3v) is 7.37. The number of ether oxygens (including phenoxy) is 1. The smallest absolute Gasteiger partial charge is 0.338 e. The van der Waals surface area contributed by atoms with E-state index in [0.717, 1.165) is 12.8 Å². The molecular weight excluding hydrogens is 440 g/mol. The van der Waals surface area contributed by atoms with Gasteiger partial charge in [0.1, 0.15) is 0 Å². The molecule has 0 spiro atoms. The van der Waals surface area contributed by atoms with Crippen molar-refractivity contribution in [2.75, 3.05) is 31.6 Å². The van der Waals surface area contributed by atoms with Crippen LogP contribution in [0.25, 0.3) is 0 Å². The van der Waals surface area contributed by atoms with E-state index in [1.807, 2.05) is 20.8 Å². The number of nitrogens with one attached hydrogen (secondary N) is 1. The van der Waals surface area contributed by atoms with Crippen LogP contribution in [-0.4, -0.2) is 50.7 Å². The lowest BCUT2D eigenvalue weighted by Gasteiger charge is -2.30. The van der Waals surface area contributed by atoms with Gasteiger partial charge in [-0.05, 0) is 55.0 Å². The van der Waals surface area contributed by atoms with Gasteiger partial charge >= 0.3 is 5.97 Å². The maximum absolute atomic E-state index is 13.0. The average molecular weight is 473 g/mol. The number of piperidine rings is 1. The van der Waals surface area contributed by atoms with E-state index in [2.05, 4.69) is 5.32 Å². The Balaban J connectivity index is 1.66. The number of hydrogen-bond donors (Lipinski definition) is 1. The zero-order valence-electron chi connectivity index (χ0n) is 19.4. The number of carbonyl (C=O) groups excluding carboxylic acids is 2. The first-order chi connectivity index (χ1) is 15.7. The van der Waals surface area contributed by atoms with Crippen LogP contribution in [0.4, 0.5) is 5.69 Å². The van der Waals surface area contributed by atoms with Gasteiger partial charge in [-0.15, -0.1) is 0 Å². The van der Waals surface area contributed by atoms with Crippen LogP contribution >= 0.6 is 0 Å². The Morgan fingerprint density at radius 2 is 1.85 bits per heavy atom. The van der Waals surface area contributed by atoms with Crippen molar-refractivity contribution >= 4 is 27.5 Å². The maximum Gasteiger partial charge on any atom is 0.338 e. The number of rotatable bonds is 9. The van der Waals surface area contributed by atoms with Crippen LogP contribution in [-0.2, 0) is 14.8 Å². The highest BCUT2D eigenvalue weighted by Crippen LogP contribution is 2.24. The Kier molecular flexibility index (Phi) is 8.26. The van der Waals surface area contributed by atoms with Crippen LogP contribution in [0.2, 0.25) is 0 Å². The first kappa shape index (κ1) is 24.9. The minimum Gasteiger partial charge on any atom is -0.462 e. The number of esters is 1. The Morgan fingerprint density at radius 1 is 1.12 bits per heavy atom. The van der Waals surface area contributed by atoms with Crippen LogP contribution in [0.15, 0.2) is 53.4 Å². The number of anilines is 1. The first-order valence-electron chi connectivity index (χ1n) is 11.3. The van der Waals surface area contributed by atoms with Gasteiger partial charge in [-0.25, -0.2) is 13.2 Å². The molecule has 1 aliphatic rings. The molecule has 1 saturated heterocycles. The topological polar surface area (TPSA) is 92.8 Å². The normalized spacial score (nSPS) is 17.0. The lowest BCUT2D eigenvalue weighted by Crippen LogP contribution is -2.39. The van der Waals surface area contributed by atoms with Crippen molar-refractivity contribution in [3.63, 3.8) is 0 Å². The highest BCUT2D eigenvalue weighted by atomic mass is 32.2. The lowest BCUT2D eigenvalue weighted by molar-refractivity contribution is 0.0459. The van der Waals surface area contributed by atoms with Gasteiger partial charge in [0.15, 0.2) is 5.78 Å². The minimum absolute atomic E-state index is 0.0330. The molecule has 0 amide bonds. The molecule has 0 bridgehead atoms. The summed E-state index contributed by atoms with van der Waals surface area (Å²) >= 11 is 0. The molecule has 0 radical (unpaired) electrons. The molecule has 0 aromatic heterocycles. The number of Topliss-reactive ketones (excluding diaryl/α,β-unsaturated/α-hetero) is 1. The first-order valence-corrected chi connectivity index (χ1v) is 12.8. The molecule has 0 aliphatic carbocycles. The third kappa shape index (κ3) is 6.65. The van der Waals surface area contributed by atoms with E-state index in [-0.39, 0.29) is 23.1 Å². The summed E-state index contributed by atoms with van der Waals surface area (Å²) in [5.74, 6) is -0.0952. The molecule has 1 fully saturated rings. The molecule has 33 heavy (non-hydrogen) atoms. The molecule has 0 saturated carbocycles. The Morgan fingerprint density at radius 3 is 2.58 bits per heavy atom. The van der Waals surface area contributed by atoms with Gasteiger partial charge in [0.25, 0.3) is 0 Å². The lowest BCUT2D eigenvalue weighted by atomic mass is 10.0. The van der Waals surface area contributed by atoms with Crippen molar-refractivity contribution in [3.05, 3.63) is 59.7 Å². The van der Waals surface area contributed by atoms with Gasteiger partial charge in [-0.1, -0.05) is 39.0 Å². The number of carbonyl (C=O) groups is 2. The molecule has 2 aromatic carbocycles. The fourth-order valence-corrected chi connectivity index (χ4v) is 5.35. The van der Waals surface area contributed by atoms with E-state index in [9.17, 15) is 18.0 Å². The fraction of sp³-hybridized carbons (Fsp3) is 0.440. The summed E-state index contributed by atoms with van der Waals surface area (Å²) in [7, 11) is -3.64. The molecule has 7 nitrogen and oxygen atoms in total. The van der Waals surface area contributed by atoms with E-state index in [0.29, 0.717) is 42.4 Å². The predicted octanol–water partition coefficient (Wildman–Crippen LogP) is 4.21. The summed E-state index contributed by atoms with van der Waals surface area (Å²) in [4.78, 5) is 25.1. The standard InChI is InChI=1S/C25H32N2O5S/c1-18(2)17-32-25(29)21-9-4-10-22(13-21)26-15-24(28)20-8-5-11-23(14-20)33(30,31)27-12-6-7-19(3)16-27/h4-5,8-11,13-14,18-19,26H,6-7,12,15-17H2,1-3H3. The molecule has 178 valence electrons. The molecule has 8 heteroatoms. The van der Waals surface area contributed by atoms with Crippen LogP contribution in [0.5, 0.6) is 0 Å². The van der Waals surface area contributed by atoms with Crippen molar-refractivity contribution in [2.24, 2.45) is 11.8 Å². The molecule has 3 rings (SSSR count). The summed E-state index contributed by atoms with van der Waals surface area (Å²) in [6, 6.07) is 12.9. The van der Waals surface area contributed by atoms with Crippen LogP contribution < -0.4 is 5.32 Å². The van der Waals surface area contributed by atoms with E-state index in [1.54, 1.807) is 36.4 Å². The average Bonchev–Trinajstić information content (AvgIpc) is 2.81. The second kappa shape index (κ2) is 10.9. The minimum atomic E-state index is -3.64. The number of nitrogens with zero attached hydrogens (tertiary/aromatic N) is 1. The Labute approximate surface area is 196 Å². The van der Waals surface area contributed by atoms with Crippen molar-refractivity contribution in [1.82, 2.24) is 4.31 Å². The fourth-order valence-electron chi connectivity index (χ4n) is 3.71. The molecule has 1 heterocycles. The summed E-state index contributed by atoms with van der Waals surface area (Å²) in [6.07, 6.45) is 1.86. The van der Waals surface area contributed by atoms with E-state index in [4.69, 9.17) is 4.74 Å². The van der Waals surface area contributed by atoms with Crippen molar-refractivity contribution in [1.29, 1.82) is 0 Å². The van der Waals surface area contributed by atoms with Gasteiger partial charge in [0, 0.05) is 24.3 Å². The van der Waals surface area contributed by atoms with Crippen molar-refractivity contribution in [3.8, 4) is 0 Å². The third-order valence-electron chi connectivity index (χ3n) is 5.51. The summed E-state index contributed by atoms with van der Waals surface area (Å²) in [5.41, 5.74) is 1.33. The van der Waals surface area contributed by atoms with Gasteiger partial charge in [-0.3, -0.25) is 4.79 Å². The molecule has 1 aliphatic heterocycles. The summed E-state index contributed by atoms with van der Waals surface area (Å²) in [5, 5.41) is 3.01. The van der Waals surface area contributed by atoms with E-state index in [1.165, 1.54) is 16.4 Å². The van der Waals surface area contributed by atoms with Crippen molar-refractivity contribution < 1.29 is 22.7 Å². The maximum atomic E-state index is 13.0. The van der Waals surface area contributed by atoms with Gasteiger partial charge in [0.2, 0.25) is 10.0 Å². The van der Waals surface area contributed by atoms with Gasteiger partial charge in [-0.2, -0.15) is 4.31 Å². The van der Waals surface area contributed by atoms with E-state index < -0.39 is 16.0 Å². The van der Waals surface area contributed by atoms with E-state index >= 15 is 0 Å². The highest BCUT2D eigenvalue weighted by molar-refractivity contribution is 7.89. The van der Waals surface area contributed by atoms with Gasteiger partial charge in [0.05, 0.1) is 23.6 Å². The number of benzene rings is 2. The SMILES string of the molecule is CC(C)COC(=O)c1cccc(NCC(=O)c2cccc(S(=O)(=O)N3CCCC(C)C3)c2)c1. The number of ketones is 1. The number of sulfonamides is 1. The number of hydrogen-bond acceptors (Lipinski definition) is 6. The monoisotopic (exact) mass is 472 g/mol. The Hall–Kier alpha value is -2.71. The van der Waals surface area contributed by atoms with Crippen LogP contribution in [0, 0.1) is 11.8 Å². The van der Waals surface area contributed by atoms with Crippen LogP contribution in [0.1, 0.15) is 54.3 Å². The Bertz CT molecular complexity index is 1100. The second-order valence-corrected chi connectivity index (χ2v) is 10.9. The zero-order chi connectivity index (χ0) is 24.0. The van der Waals surface area contributed by atoms with Gasteiger partial charge < -0.3 is 10.1 Å².